The normalized spacial score (nSPS) is 10.8. The van der Waals surface area contributed by atoms with Gasteiger partial charge in [-0.05, 0) is 64.8 Å². The van der Waals surface area contributed by atoms with E-state index in [4.69, 9.17) is 11.5 Å². The Morgan fingerprint density at radius 3 is 1.27 bits per heavy atom. The summed E-state index contributed by atoms with van der Waals surface area (Å²) < 4.78 is 0. The highest BCUT2D eigenvalue weighted by molar-refractivity contribution is 4.61. The minimum atomic E-state index is 0. The summed E-state index contributed by atoms with van der Waals surface area (Å²) in [5.74, 6) is 0. The minimum Gasteiger partial charge on any atom is -0.329 e. The molecule has 0 saturated carbocycles. The molecule has 0 fully saturated rings. The second-order valence-electron chi connectivity index (χ2n) is 12.7. The molecule has 9 N–H and O–H groups in total. The fourth-order valence-electron chi connectivity index (χ4n) is 3.89. The van der Waals surface area contributed by atoms with Crippen LogP contribution in [0.15, 0.2) is 0 Å². The van der Waals surface area contributed by atoms with Crippen molar-refractivity contribution in [2.75, 3.05) is 72.0 Å². The van der Waals surface area contributed by atoms with Crippen LogP contribution < -0.4 is 38.1 Å². The second kappa shape index (κ2) is 47.1. The third-order valence-electron chi connectivity index (χ3n) is 6.26. The highest BCUT2D eigenvalue weighted by Gasteiger charge is 2.01. The quantitative estimate of drug-likeness (QED) is 0.0584. The van der Waals surface area contributed by atoms with Crippen LogP contribution in [0.5, 0.6) is 0 Å². The molecule has 0 aliphatic carbocycles. The average Bonchev–Trinajstić information content (AvgIpc) is 2.94. The first kappa shape index (κ1) is 53.2. The Morgan fingerprint density at radius 1 is 0.432 bits per heavy atom. The lowest BCUT2D eigenvalue weighted by molar-refractivity contribution is 0.278. The third-order valence-corrected chi connectivity index (χ3v) is 6.26. The largest absolute Gasteiger partial charge is 0.329 e. The molecule has 0 saturated heterocycles. The molecule has 0 amide bonds. The van der Waals surface area contributed by atoms with Crippen LogP contribution in [0.25, 0.3) is 0 Å². The maximum Gasteiger partial charge on any atom is 0.0107 e. The molecule has 274 valence electrons. The van der Waals surface area contributed by atoms with Gasteiger partial charge in [-0.2, -0.15) is 0 Å². The second-order valence-corrected chi connectivity index (χ2v) is 12.7. The Hall–Kier alpha value is -0.320. The average molecular weight is 635 g/mol. The third kappa shape index (κ3) is 64.6. The summed E-state index contributed by atoms with van der Waals surface area (Å²) in [6.45, 7) is 35.5. The summed E-state index contributed by atoms with van der Waals surface area (Å²) in [4.78, 5) is 2.41. The first-order valence-corrected chi connectivity index (χ1v) is 18.3. The van der Waals surface area contributed by atoms with Gasteiger partial charge in [0.15, 0.2) is 0 Å². The highest BCUT2D eigenvalue weighted by Crippen LogP contribution is 1.97. The fourth-order valence-corrected chi connectivity index (χ4v) is 3.89. The maximum absolute atomic E-state index is 5.53. The van der Waals surface area contributed by atoms with E-state index in [0.717, 1.165) is 65.4 Å². The maximum atomic E-state index is 5.53. The minimum absolute atomic E-state index is 0. The molecule has 0 unspecified atom stereocenters. The van der Waals surface area contributed by atoms with E-state index in [1.165, 1.54) is 64.3 Å². The molecule has 8 heteroatoms. The number of unbranched alkanes of at least 4 members (excludes halogenated alkanes) is 5. The number of hydrogen-bond acceptors (Lipinski definition) is 8. The van der Waals surface area contributed by atoms with Crippen molar-refractivity contribution in [1.82, 2.24) is 31.5 Å². The molecule has 8 nitrogen and oxygen atoms in total. The molecule has 0 spiro atoms. The first-order valence-electron chi connectivity index (χ1n) is 18.3. The van der Waals surface area contributed by atoms with Crippen molar-refractivity contribution in [2.24, 2.45) is 11.5 Å². The summed E-state index contributed by atoms with van der Waals surface area (Å²) in [5.41, 5.74) is 10.9. The Labute approximate surface area is 280 Å². The molecule has 0 aromatic heterocycles. The predicted octanol–water partition coefficient (Wildman–Crippen LogP) is 5.95. The van der Waals surface area contributed by atoms with Gasteiger partial charge in [0.05, 0.1) is 0 Å². The number of nitrogens with two attached hydrogens (primary N) is 2. The first-order chi connectivity index (χ1) is 20.5. The standard InChI is InChI=1S/2C10H25N3.C9H21N.C6H15N.CH4/c1-10(2)13-8-5-3-4-7-12-9-6-11;1-4-7-13(8-5-11)9-6-12-10(2)3;1-4-5-6-7-8-10-9(2)3;1-4-5-7-6(2)3;/h10,12-13H,3-9,11H2,1-2H3;10,12H,4-9,11H2,1-3H3;9-10H,4-8H2,1-3H3;6-7H,4-5H2,1-3H3;1H4. The van der Waals surface area contributed by atoms with Gasteiger partial charge in [0.2, 0.25) is 0 Å². The van der Waals surface area contributed by atoms with E-state index in [9.17, 15) is 0 Å². The van der Waals surface area contributed by atoms with Crippen LogP contribution in [0.3, 0.4) is 0 Å². The van der Waals surface area contributed by atoms with Crippen molar-refractivity contribution in [3.63, 3.8) is 0 Å². The van der Waals surface area contributed by atoms with Gasteiger partial charge in [-0.3, -0.25) is 0 Å². The topological polar surface area (TPSA) is 115 Å². The molecule has 0 heterocycles. The molecule has 0 bridgehead atoms. The summed E-state index contributed by atoms with van der Waals surface area (Å²) in [6.07, 6.45) is 11.7. The van der Waals surface area contributed by atoms with Crippen molar-refractivity contribution in [1.29, 1.82) is 0 Å². The van der Waals surface area contributed by atoms with E-state index in [-0.39, 0.29) is 7.43 Å². The molecule has 0 aromatic carbocycles. The predicted molar refractivity (Wildman–Crippen MR) is 205 cm³/mol. The van der Waals surface area contributed by atoms with Gasteiger partial charge >= 0.3 is 0 Å². The summed E-state index contributed by atoms with van der Waals surface area (Å²) in [7, 11) is 0. The van der Waals surface area contributed by atoms with E-state index in [2.05, 4.69) is 108 Å². The van der Waals surface area contributed by atoms with Crippen molar-refractivity contribution >= 4 is 0 Å². The summed E-state index contributed by atoms with van der Waals surface area (Å²) in [6, 6.07) is 2.51. The number of nitrogens with one attached hydrogen (secondary N) is 5. The molecule has 44 heavy (non-hydrogen) atoms. The van der Waals surface area contributed by atoms with Crippen LogP contribution in [0, 0.1) is 0 Å². The van der Waals surface area contributed by atoms with Crippen molar-refractivity contribution < 1.29 is 0 Å². The fraction of sp³-hybridized carbons (Fsp3) is 1.00. The summed E-state index contributed by atoms with van der Waals surface area (Å²) in [5, 5.41) is 16.8. The molecular weight excluding hydrogens is 544 g/mol. The number of nitrogens with zero attached hydrogens (tertiary/aromatic N) is 1. The molecule has 0 radical (unpaired) electrons. The van der Waals surface area contributed by atoms with Crippen LogP contribution in [0.1, 0.15) is 141 Å². The number of hydrogen-bond donors (Lipinski definition) is 7. The Kier molecular flexibility index (Phi) is 56.9. The lowest BCUT2D eigenvalue weighted by atomic mass is 10.2. The number of rotatable bonds is 26. The van der Waals surface area contributed by atoms with Gasteiger partial charge in [-0.15, -0.1) is 0 Å². The highest BCUT2D eigenvalue weighted by atomic mass is 15.1. The van der Waals surface area contributed by atoms with Crippen LogP contribution in [0.4, 0.5) is 0 Å². The van der Waals surface area contributed by atoms with Crippen LogP contribution in [0.2, 0.25) is 0 Å². The van der Waals surface area contributed by atoms with E-state index < -0.39 is 0 Å². The summed E-state index contributed by atoms with van der Waals surface area (Å²) >= 11 is 0. The smallest absolute Gasteiger partial charge is 0.0107 e. The van der Waals surface area contributed by atoms with Gasteiger partial charge in [-0.1, -0.05) is 109 Å². The van der Waals surface area contributed by atoms with E-state index in [1.54, 1.807) is 0 Å². The van der Waals surface area contributed by atoms with E-state index >= 15 is 0 Å². The Morgan fingerprint density at radius 2 is 0.886 bits per heavy atom. The lowest BCUT2D eigenvalue weighted by Gasteiger charge is -2.21. The van der Waals surface area contributed by atoms with Crippen LogP contribution in [-0.4, -0.2) is 101 Å². The van der Waals surface area contributed by atoms with Crippen molar-refractivity contribution in [3.05, 3.63) is 0 Å². The van der Waals surface area contributed by atoms with E-state index in [1.807, 2.05) is 0 Å². The molecule has 0 aliphatic heterocycles. The van der Waals surface area contributed by atoms with Gasteiger partial charge in [0.25, 0.3) is 0 Å². The SMILES string of the molecule is C.CC(C)NCCCCCNCCN.CCCCCCNC(C)C.CCCN(CCN)CCNC(C)C.CCCNC(C)C. The monoisotopic (exact) mass is 635 g/mol. The zero-order chi connectivity index (χ0) is 33.6. The zero-order valence-electron chi connectivity index (χ0n) is 31.6. The van der Waals surface area contributed by atoms with Crippen LogP contribution in [-0.2, 0) is 0 Å². The molecular formula is C36H90N8. The lowest BCUT2D eigenvalue weighted by Crippen LogP contribution is -2.37. The van der Waals surface area contributed by atoms with Gasteiger partial charge in [-0.25, -0.2) is 0 Å². The molecule has 0 aromatic rings. The van der Waals surface area contributed by atoms with E-state index in [0.29, 0.717) is 24.2 Å². The van der Waals surface area contributed by atoms with Gasteiger partial charge in [0.1, 0.15) is 0 Å². The molecule has 0 aliphatic rings. The van der Waals surface area contributed by atoms with Crippen molar-refractivity contribution in [2.45, 2.75) is 166 Å². The van der Waals surface area contributed by atoms with Crippen LogP contribution >= 0.6 is 0 Å². The van der Waals surface area contributed by atoms with Gasteiger partial charge < -0.3 is 43.0 Å². The Balaban J connectivity index is -0.000000156. The molecule has 0 rings (SSSR count). The van der Waals surface area contributed by atoms with Crippen molar-refractivity contribution in [3.8, 4) is 0 Å². The zero-order valence-corrected chi connectivity index (χ0v) is 31.6. The van der Waals surface area contributed by atoms with Gasteiger partial charge in [0, 0.05) is 63.4 Å². The Bertz CT molecular complexity index is 442. The molecule has 0 atom stereocenters.